The topological polar surface area (TPSA) is 345 Å². The van der Waals surface area contributed by atoms with Gasteiger partial charge >= 0.3 is 0 Å². The lowest BCUT2D eigenvalue weighted by Gasteiger charge is -2.30. The molecule has 8 aromatic rings. The predicted octanol–water partition coefficient (Wildman–Crippen LogP) is 19.3. The number of nitrogens with two attached hydrogens (primary N) is 8. The smallest absolute Gasteiger partial charge is 0.179 e. The van der Waals surface area contributed by atoms with Crippen molar-refractivity contribution in [1.29, 1.82) is 0 Å². The Bertz CT molecular complexity index is 7560. The number of hydrogen-bond donors (Lipinski definition) is 8. The van der Waals surface area contributed by atoms with Gasteiger partial charge in [0, 0.05) is 64.9 Å². The number of benzene rings is 8. The van der Waals surface area contributed by atoms with Crippen LogP contribution in [0.3, 0.4) is 0 Å². The number of carbonyl (C=O) groups excluding carboxylic acids is 8. The highest BCUT2D eigenvalue weighted by Gasteiger charge is 2.44. The minimum absolute atomic E-state index is 0.00397. The molecule has 0 aliphatic heterocycles. The van der Waals surface area contributed by atoms with Crippen LogP contribution in [0.25, 0.3) is 0 Å². The van der Waals surface area contributed by atoms with Gasteiger partial charge in [0.1, 0.15) is 44.3 Å². The van der Waals surface area contributed by atoms with E-state index in [1.54, 1.807) is 42.5 Å². The van der Waals surface area contributed by atoms with Crippen molar-refractivity contribution in [3.63, 3.8) is 0 Å². The summed E-state index contributed by atoms with van der Waals surface area (Å²) in [5.41, 5.74) is 31.3. The van der Waals surface area contributed by atoms with Gasteiger partial charge in [-0.1, -0.05) is 287 Å². The molecule has 8 unspecified atom stereocenters. The number of ketones is 8. The third-order valence-corrected chi connectivity index (χ3v) is 20.8. The van der Waals surface area contributed by atoms with E-state index in [4.69, 9.17) is 194 Å². The van der Waals surface area contributed by atoms with Crippen molar-refractivity contribution < 1.29 is 93.2 Å². The lowest BCUT2D eigenvalue weighted by atomic mass is 9.79. The van der Waals surface area contributed by atoms with Gasteiger partial charge in [-0.05, 0) is 244 Å². The number of rotatable bonds is 8. The van der Waals surface area contributed by atoms with Crippen LogP contribution in [0.4, 0.5) is 0 Å². The average molecular weight is 1810 g/mol. The molecular weight excluding hydrogens is 1680 g/mol. The van der Waals surface area contributed by atoms with Gasteiger partial charge in [0.05, 0.1) is 30.2 Å². The quantitative estimate of drug-likeness (QED) is 0.0701. The van der Waals surface area contributed by atoms with E-state index in [0.717, 1.165) is 24.3 Å². The summed E-state index contributed by atoms with van der Waals surface area (Å²) in [4.78, 5) is 97.7. The second kappa shape index (κ2) is 42.7. The Hall–Kier alpha value is -8.96. The third-order valence-electron chi connectivity index (χ3n) is 18.3. The number of hydrogen-bond acceptors (Lipinski definition) is 16. The molecule has 0 amide bonds. The Labute approximate surface area is 796 Å². The van der Waals surface area contributed by atoms with Gasteiger partial charge in [0.2, 0.25) is 0 Å². The molecule has 0 fully saturated rings. The van der Waals surface area contributed by atoms with Crippen molar-refractivity contribution in [2.75, 3.05) is 0 Å². The fourth-order valence-corrected chi connectivity index (χ4v) is 13.8. The Morgan fingerprint density at radius 2 is 0.517 bits per heavy atom. The maximum Gasteiger partial charge on any atom is 0.179 e. The van der Waals surface area contributed by atoms with Crippen molar-refractivity contribution >= 4 is 139 Å². The maximum atomic E-state index is 12.4. The highest BCUT2D eigenvalue weighted by Crippen LogP contribution is 2.41. The van der Waals surface area contributed by atoms with Gasteiger partial charge in [-0.2, -0.15) is 0 Å². The summed E-state index contributed by atoms with van der Waals surface area (Å²) in [7, 11) is 0. The molecule has 0 bridgehead atoms. The van der Waals surface area contributed by atoms with Crippen molar-refractivity contribution in [2.24, 2.45) is 45.9 Å². The molecule has 8 atom stereocenters. The third kappa shape index (κ3) is 22.3. The molecule has 8 aliphatic rings. The first-order valence-corrected chi connectivity index (χ1v) is 38.2. The molecule has 0 saturated carbocycles. The fraction of sp³-hybridized carbons (Fsp3) is 0.250. The Morgan fingerprint density at radius 1 is 0.242 bits per heavy atom. The summed E-state index contributed by atoms with van der Waals surface area (Å²) < 4.78 is 310. The zero-order valence-electron chi connectivity index (χ0n) is 102. The molecule has 16 nitrogen and oxygen atoms in total. The standard InChI is InChI=1S/8C12H12ClNO/c8*13-10-6-2-1-5-9(10)12(14)8-4-3-7-11(12)15/h8*1-3,5-7H,4,8,14H2/i1D,2D,3D,5D,6D,7D;1D,2D,5D,6D,7D;1D,2D,3D,5D,6D;3D,4D2,7D,8D2;4D2,7D,8D2;3D,7D,8D2;3D,4D2,8D2;4D2,8D2. The molecule has 0 heterocycles. The highest BCUT2D eigenvalue weighted by atomic mass is 35.5. The summed E-state index contributed by atoms with van der Waals surface area (Å²) in [5.74, 6) is -6.77. The van der Waals surface area contributed by atoms with Crippen LogP contribution in [-0.2, 0) is 82.7 Å². The van der Waals surface area contributed by atoms with Crippen LogP contribution in [0.1, 0.15) is 202 Å². The molecule has 8 aliphatic carbocycles. The van der Waals surface area contributed by atoms with Crippen molar-refractivity contribution in [3.05, 3.63) is 376 Å². The number of allylic oxidation sites excluding steroid dienone is 8. The van der Waals surface area contributed by atoms with Crippen LogP contribution >= 0.6 is 92.8 Å². The van der Waals surface area contributed by atoms with Gasteiger partial charge < -0.3 is 45.9 Å². The monoisotopic (exact) mass is 1810 g/mol. The van der Waals surface area contributed by atoms with E-state index in [1.807, 2.05) is 0 Å². The van der Waals surface area contributed by atoms with Crippen LogP contribution in [0.2, 0.25) is 40.2 Å². The summed E-state index contributed by atoms with van der Waals surface area (Å²) >= 11 is 47.9. The minimum atomic E-state index is -2.94. The van der Waals surface area contributed by atoms with E-state index >= 15 is 0 Å². The summed E-state index contributed by atoms with van der Waals surface area (Å²) in [6.45, 7) is 0. The fourth-order valence-electron chi connectivity index (χ4n) is 11.6. The molecule has 16 N–H and O–H groups in total. The summed E-state index contributed by atoms with van der Waals surface area (Å²) in [6, 6.07) is 19.3. The van der Waals surface area contributed by atoms with Crippen LogP contribution in [0, 0.1) is 0 Å². The molecule has 0 aromatic heterocycles. The van der Waals surface area contributed by atoms with Crippen molar-refractivity contribution in [2.45, 2.75) is 147 Å². The maximum absolute atomic E-state index is 12.4. The first-order chi connectivity index (χ1) is 73.0. The van der Waals surface area contributed by atoms with Gasteiger partial charge in [-0.25, -0.2) is 0 Å². The summed E-state index contributed by atoms with van der Waals surface area (Å²) in [6.07, 6.45) is -17.5. The zero-order chi connectivity index (χ0) is 122. The van der Waals surface area contributed by atoms with E-state index in [0.29, 0.717) is 12.5 Å². The van der Waals surface area contributed by atoms with Gasteiger partial charge in [-0.3, -0.25) is 38.4 Å². The average Bonchev–Trinajstić information content (AvgIpc) is 0.694. The van der Waals surface area contributed by atoms with Gasteiger partial charge in [-0.15, -0.1) is 0 Å². The predicted molar refractivity (Wildman–Crippen MR) is 486 cm³/mol. The molecule has 16 rings (SSSR count). The second-order valence-electron chi connectivity index (χ2n) is 26.1. The van der Waals surface area contributed by atoms with Crippen molar-refractivity contribution in [3.8, 4) is 0 Å². The van der Waals surface area contributed by atoms with Crippen LogP contribution in [0.15, 0.2) is 291 Å². The van der Waals surface area contributed by atoms with E-state index in [9.17, 15) is 38.4 Å². The Balaban J connectivity index is 0.000000202. The molecule has 0 radical (unpaired) electrons. The number of carbonyl (C=O) groups is 8. The Morgan fingerprint density at radius 3 is 0.933 bits per heavy atom. The molecule has 24 heteroatoms. The molecule has 0 spiro atoms. The summed E-state index contributed by atoms with van der Waals surface area (Å²) in [5, 5.41) is -0.401. The molecule has 624 valence electrons. The van der Waals surface area contributed by atoms with Crippen LogP contribution in [-0.4, -0.2) is 46.3 Å². The highest BCUT2D eigenvalue weighted by molar-refractivity contribution is 6.35. The first kappa shape index (κ1) is 53.2. The molecule has 0 saturated heterocycles. The normalized spacial score (nSPS) is 35.0. The van der Waals surface area contributed by atoms with E-state index < -0.39 is 257 Å². The largest absolute Gasteiger partial charge is 0.315 e. The number of halogens is 8. The minimum Gasteiger partial charge on any atom is -0.315 e. The van der Waals surface area contributed by atoms with Crippen molar-refractivity contribution in [1.82, 2.24) is 0 Å². The lowest BCUT2D eigenvalue weighted by molar-refractivity contribution is -0.121. The van der Waals surface area contributed by atoms with Crippen LogP contribution < -0.4 is 45.9 Å². The zero-order valence-corrected chi connectivity index (χ0v) is 68.4. The Kier molecular flexibility index (Phi) is 18.9. The van der Waals surface area contributed by atoms with Gasteiger partial charge in [0.25, 0.3) is 0 Å². The molecular formula is C96H96Cl8N8O8. The van der Waals surface area contributed by atoms with E-state index in [2.05, 4.69) is 0 Å². The molecule has 120 heavy (non-hydrogen) atoms. The lowest BCUT2D eigenvalue weighted by Crippen LogP contribution is -2.45. The molecule has 8 aromatic carbocycles. The second-order valence-corrected chi connectivity index (χ2v) is 29.2. The SMILES string of the molecule is [2H]C1([2H])C=CC(=O)C(N)(c2ccccc2Cl)C1([2H])[2H].[2H]C1=C([2H])C(=O)C(N)(c2c([2H])c([2H])c([2H])c([2H])c2Cl)CC1.[2H]C1=C([2H])C(=O)C(N)(c2ccccc2Cl)C([2H])([2H])C1.[2H]C1=C([2H])C([2H])([2H])C([2H])([2H])C(N)(c2ccccc2Cl)C1=O.[2H]C1=CC(=O)C(N)(c2c([2H])c([2H])c([2H])c([2H])c2Cl)CC1.[2H]C1=CC(=O)C(N)(c2ccccc2Cl)C([2H])([2H])C1([2H])[2H].[2H]C1=CC([2H])([2H])C([2H])([2H])C(N)(c2ccccc2Cl)C1=O.[2H]C1=CCCC(N)(c2c([2H])c([2H])c([2H])c([2H])c2Cl)C1=O. The van der Waals surface area contributed by atoms with E-state index in [-0.39, 0.29) is 147 Å². The van der Waals surface area contributed by atoms with Crippen LogP contribution in [0.5, 0.6) is 0 Å². The van der Waals surface area contributed by atoms with E-state index in [1.165, 1.54) is 84.9 Å². The van der Waals surface area contributed by atoms with Gasteiger partial charge in [0.15, 0.2) is 46.3 Å². The first-order valence-electron chi connectivity index (χ1n) is 55.2.